The van der Waals surface area contributed by atoms with Crippen LogP contribution in [0.3, 0.4) is 0 Å². The van der Waals surface area contributed by atoms with E-state index in [1.54, 1.807) is 6.33 Å². The molecule has 0 atom stereocenters. The third-order valence-electron chi connectivity index (χ3n) is 4.85. The number of nitrogens with one attached hydrogen (secondary N) is 2. The molecule has 1 saturated heterocycles. The molecule has 1 aliphatic rings. The summed E-state index contributed by atoms with van der Waals surface area (Å²) in [6, 6.07) is 18.5. The molecule has 0 unspecified atom stereocenters. The first kappa shape index (κ1) is 18.3. The Hall–Kier alpha value is -3.12. The molecule has 2 aromatic carbocycles. The van der Waals surface area contributed by atoms with Crippen LogP contribution in [-0.2, 0) is 11.2 Å². The number of hydrogen-bond acceptors (Lipinski definition) is 6. The molecule has 1 fully saturated rings. The number of hydrogen-bond donors (Lipinski definition) is 2. The van der Waals surface area contributed by atoms with Crippen molar-refractivity contribution < 1.29 is 4.74 Å². The fourth-order valence-corrected chi connectivity index (χ4v) is 3.38. The fourth-order valence-electron chi connectivity index (χ4n) is 3.38. The summed E-state index contributed by atoms with van der Waals surface area (Å²) in [6.07, 6.45) is 2.54. The van der Waals surface area contributed by atoms with Crippen LogP contribution in [-0.4, -0.2) is 36.3 Å². The van der Waals surface area contributed by atoms with Crippen LogP contribution < -0.4 is 15.5 Å². The van der Waals surface area contributed by atoms with Gasteiger partial charge in [-0.2, -0.15) is 0 Å². The second kappa shape index (κ2) is 8.71. The number of aromatic nitrogens is 2. The highest BCUT2D eigenvalue weighted by Gasteiger charge is 2.15. The Morgan fingerprint density at radius 1 is 0.893 bits per heavy atom. The number of para-hydroxylation sites is 3. The van der Waals surface area contributed by atoms with Crippen molar-refractivity contribution >= 4 is 28.7 Å². The smallest absolute Gasteiger partial charge is 0.135 e. The van der Waals surface area contributed by atoms with Crippen LogP contribution in [0.1, 0.15) is 12.5 Å². The molecule has 28 heavy (non-hydrogen) atoms. The Kier molecular flexibility index (Phi) is 5.68. The minimum Gasteiger partial charge on any atom is -0.378 e. The van der Waals surface area contributed by atoms with E-state index in [2.05, 4.69) is 68.8 Å². The van der Waals surface area contributed by atoms with Crippen molar-refractivity contribution in [1.82, 2.24) is 9.97 Å². The molecule has 3 aromatic rings. The van der Waals surface area contributed by atoms with E-state index in [-0.39, 0.29) is 0 Å². The van der Waals surface area contributed by atoms with E-state index in [1.807, 2.05) is 18.2 Å². The lowest BCUT2D eigenvalue weighted by molar-refractivity contribution is 0.123. The van der Waals surface area contributed by atoms with Crippen molar-refractivity contribution in [3.8, 4) is 0 Å². The van der Waals surface area contributed by atoms with Crippen molar-refractivity contribution in [2.24, 2.45) is 0 Å². The van der Waals surface area contributed by atoms with Crippen molar-refractivity contribution in [2.45, 2.75) is 13.3 Å². The average molecular weight is 375 g/mol. The van der Waals surface area contributed by atoms with Crippen LogP contribution in [0.25, 0.3) is 0 Å². The van der Waals surface area contributed by atoms with Crippen LogP contribution in [0.2, 0.25) is 0 Å². The van der Waals surface area contributed by atoms with E-state index >= 15 is 0 Å². The van der Waals surface area contributed by atoms with Gasteiger partial charge in [0.25, 0.3) is 0 Å². The average Bonchev–Trinajstić information content (AvgIpc) is 2.75. The van der Waals surface area contributed by atoms with Gasteiger partial charge in [0.2, 0.25) is 0 Å². The first-order valence-electron chi connectivity index (χ1n) is 9.69. The predicted octanol–water partition coefficient (Wildman–Crippen LogP) is 4.36. The highest BCUT2D eigenvalue weighted by Crippen LogP contribution is 2.29. The van der Waals surface area contributed by atoms with Gasteiger partial charge in [-0.3, -0.25) is 0 Å². The van der Waals surface area contributed by atoms with Gasteiger partial charge in [-0.05, 0) is 30.2 Å². The van der Waals surface area contributed by atoms with Crippen LogP contribution in [0.4, 0.5) is 28.7 Å². The molecule has 2 N–H and O–H groups in total. The van der Waals surface area contributed by atoms with Crippen LogP contribution in [0, 0.1) is 0 Å². The van der Waals surface area contributed by atoms with Crippen LogP contribution in [0.5, 0.6) is 0 Å². The molecule has 6 heteroatoms. The molecule has 0 spiro atoms. The lowest BCUT2D eigenvalue weighted by atomic mass is 10.1. The van der Waals surface area contributed by atoms with Crippen LogP contribution >= 0.6 is 0 Å². The maximum Gasteiger partial charge on any atom is 0.135 e. The Morgan fingerprint density at radius 3 is 2.29 bits per heavy atom. The van der Waals surface area contributed by atoms with E-state index in [0.29, 0.717) is 0 Å². The maximum atomic E-state index is 5.48. The minimum atomic E-state index is 0.757. The van der Waals surface area contributed by atoms with Gasteiger partial charge in [0, 0.05) is 24.8 Å². The Balaban J connectivity index is 1.54. The summed E-state index contributed by atoms with van der Waals surface area (Å²) in [5.41, 5.74) is 4.52. The summed E-state index contributed by atoms with van der Waals surface area (Å²) >= 11 is 0. The first-order chi connectivity index (χ1) is 13.8. The van der Waals surface area contributed by atoms with Gasteiger partial charge in [0.05, 0.1) is 24.6 Å². The molecule has 0 saturated carbocycles. The topological polar surface area (TPSA) is 62.3 Å². The second-order valence-corrected chi connectivity index (χ2v) is 6.67. The summed E-state index contributed by atoms with van der Waals surface area (Å²) in [7, 11) is 0. The van der Waals surface area contributed by atoms with E-state index in [0.717, 1.165) is 61.4 Å². The zero-order chi connectivity index (χ0) is 19.2. The molecular weight excluding hydrogens is 350 g/mol. The monoisotopic (exact) mass is 375 g/mol. The van der Waals surface area contributed by atoms with Gasteiger partial charge in [0.15, 0.2) is 0 Å². The molecule has 1 aliphatic heterocycles. The second-order valence-electron chi connectivity index (χ2n) is 6.67. The van der Waals surface area contributed by atoms with Crippen molar-refractivity contribution in [3.05, 3.63) is 66.5 Å². The van der Waals surface area contributed by atoms with Crippen molar-refractivity contribution in [3.63, 3.8) is 0 Å². The number of rotatable bonds is 6. The lowest BCUT2D eigenvalue weighted by Crippen LogP contribution is -2.36. The first-order valence-corrected chi connectivity index (χ1v) is 9.69. The molecule has 0 amide bonds. The van der Waals surface area contributed by atoms with Gasteiger partial charge >= 0.3 is 0 Å². The standard InChI is InChI=1S/C22H25N5O/c1-2-17-7-3-4-8-18(17)25-21-15-22(24-16-23-21)26-19-9-5-6-10-20(19)27-11-13-28-14-12-27/h3-10,15-16H,2,11-14H2,1H3,(H2,23,24,25,26). The summed E-state index contributed by atoms with van der Waals surface area (Å²) in [6.45, 7) is 5.45. The van der Waals surface area contributed by atoms with Crippen LogP contribution in [0.15, 0.2) is 60.9 Å². The zero-order valence-corrected chi connectivity index (χ0v) is 16.1. The molecule has 1 aromatic heterocycles. The summed E-state index contributed by atoms with van der Waals surface area (Å²) < 4.78 is 5.48. The highest BCUT2D eigenvalue weighted by atomic mass is 16.5. The van der Waals surface area contributed by atoms with E-state index in [9.17, 15) is 0 Å². The maximum absolute atomic E-state index is 5.48. The van der Waals surface area contributed by atoms with Crippen molar-refractivity contribution in [1.29, 1.82) is 0 Å². The molecule has 4 rings (SSSR count). The Morgan fingerprint density at radius 2 is 1.54 bits per heavy atom. The van der Waals surface area contributed by atoms with Gasteiger partial charge in [0.1, 0.15) is 18.0 Å². The van der Waals surface area contributed by atoms with Gasteiger partial charge in [-0.25, -0.2) is 9.97 Å². The number of morpholine rings is 1. The number of anilines is 5. The molecule has 6 nitrogen and oxygen atoms in total. The number of nitrogens with zero attached hydrogens (tertiary/aromatic N) is 3. The van der Waals surface area contributed by atoms with Gasteiger partial charge in [-0.1, -0.05) is 37.3 Å². The minimum absolute atomic E-state index is 0.757. The molecule has 0 radical (unpaired) electrons. The van der Waals surface area contributed by atoms with Crippen molar-refractivity contribution in [2.75, 3.05) is 41.8 Å². The quantitative estimate of drug-likeness (QED) is 0.667. The number of ether oxygens (including phenoxy) is 1. The lowest BCUT2D eigenvalue weighted by Gasteiger charge is -2.30. The fraction of sp³-hybridized carbons (Fsp3) is 0.273. The summed E-state index contributed by atoms with van der Waals surface area (Å²) in [5, 5.41) is 6.86. The summed E-state index contributed by atoms with van der Waals surface area (Å²) in [4.78, 5) is 11.1. The molecular formula is C22H25N5O. The normalized spacial score (nSPS) is 14.0. The number of benzene rings is 2. The molecule has 0 aliphatic carbocycles. The molecule has 2 heterocycles. The SMILES string of the molecule is CCc1ccccc1Nc1cc(Nc2ccccc2N2CCOCC2)ncn1. The third kappa shape index (κ3) is 4.23. The predicted molar refractivity (Wildman–Crippen MR) is 114 cm³/mol. The van der Waals surface area contributed by atoms with E-state index in [1.165, 1.54) is 5.56 Å². The van der Waals surface area contributed by atoms with E-state index < -0.39 is 0 Å². The Labute approximate surface area is 165 Å². The zero-order valence-electron chi connectivity index (χ0n) is 16.1. The largest absolute Gasteiger partial charge is 0.378 e. The molecule has 0 bridgehead atoms. The Bertz CT molecular complexity index is 924. The third-order valence-corrected chi connectivity index (χ3v) is 4.85. The number of aryl methyl sites for hydroxylation is 1. The molecule has 144 valence electrons. The summed E-state index contributed by atoms with van der Waals surface area (Å²) in [5.74, 6) is 1.52. The van der Waals surface area contributed by atoms with Gasteiger partial charge < -0.3 is 20.3 Å². The van der Waals surface area contributed by atoms with E-state index in [4.69, 9.17) is 4.74 Å². The highest BCUT2D eigenvalue weighted by molar-refractivity contribution is 5.75. The van der Waals surface area contributed by atoms with Gasteiger partial charge in [-0.15, -0.1) is 0 Å².